The first-order chi connectivity index (χ1) is 10.1. The van der Waals surface area contributed by atoms with Gasteiger partial charge in [0, 0.05) is 16.3 Å². The minimum absolute atomic E-state index is 0.269. The molecule has 5 heteroatoms. The van der Waals surface area contributed by atoms with E-state index < -0.39 is 0 Å². The molecular weight excluding hydrogens is 302 g/mol. The summed E-state index contributed by atoms with van der Waals surface area (Å²) in [6, 6.07) is 0.307. The summed E-state index contributed by atoms with van der Waals surface area (Å²) in [6.45, 7) is 4.64. The van der Waals surface area contributed by atoms with Crippen molar-refractivity contribution < 1.29 is 9.53 Å². The molecule has 0 radical (unpaired) electrons. The molecule has 114 valence electrons. The van der Waals surface area contributed by atoms with Gasteiger partial charge in [-0.05, 0) is 43.2 Å². The van der Waals surface area contributed by atoms with E-state index in [1.165, 1.54) is 44.7 Å². The number of thiophene rings is 2. The number of rotatable bonds is 3. The summed E-state index contributed by atoms with van der Waals surface area (Å²) < 4.78 is 6.75. The second-order valence-corrected chi connectivity index (χ2v) is 8.03. The number of carbonyl (C=O) groups excluding carboxylic acids is 1. The van der Waals surface area contributed by atoms with Gasteiger partial charge in [0.1, 0.15) is 6.61 Å². The Balaban J connectivity index is 1.58. The molecule has 1 aliphatic carbocycles. The van der Waals surface area contributed by atoms with Crippen LogP contribution < -0.4 is 5.32 Å². The molecule has 0 spiro atoms. The number of hydrogen-bond donors (Lipinski definition) is 1. The van der Waals surface area contributed by atoms with E-state index in [2.05, 4.69) is 24.5 Å². The first kappa shape index (κ1) is 14.9. The van der Waals surface area contributed by atoms with Crippen molar-refractivity contribution in [2.24, 2.45) is 0 Å². The van der Waals surface area contributed by atoms with Crippen LogP contribution in [0.5, 0.6) is 0 Å². The molecule has 1 aliphatic rings. The Labute approximate surface area is 133 Å². The van der Waals surface area contributed by atoms with E-state index in [-0.39, 0.29) is 6.09 Å². The Morgan fingerprint density at radius 2 is 2.10 bits per heavy atom. The van der Waals surface area contributed by atoms with Crippen LogP contribution in [0.25, 0.3) is 9.40 Å². The van der Waals surface area contributed by atoms with Gasteiger partial charge in [0.15, 0.2) is 0 Å². The van der Waals surface area contributed by atoms with Gasteiger partial charge >= 0.3 is 6.09 Å². The molecule has 1 fully saturated rings. The number of carbonyl (C=O) groups is 1. The van der Waals surface area contributed by atoms with E-state index in [4.69, 9.17) is 4.74 Å². The van der Waals surface area contributed by atoms with Gasteiger partial charge in [0.2, 0.25) is 0 Å². The van der Waals surface area contributed by atoms with Crippen LogP contribution in [0.4, 0.5) is 4.79 Å². The summed E-state index contributed by atoms with van der Waals surface area (Å²) in [5, 5.41) is 6.53. The summed E-state index contributed by atoms with van der Waals surface area (Å²) in [7, 11) is 0. The van der Waals surface area contributed by atoms with E-state index in [9.17, 15) is 4.79 Å². The normalized spacial score (nSPS) is 16.3. The van der Waals surface area contributed by atoms with Gasteiger partial charge in [-0.15, -0.1) is 22.7 Å². The molecule has 1 saturated carbocycles. The lowest BCUT2D eigenvalue weighted by molar-refractivity contribution is 0.134. The van der Waals surface area contributed by atoms with Crippen LogP contribution in [-0.4, -0.2) is 12.1 Å². The molecule has 2 aromatic rings. The van der Waals surface area contributed by atoms with Crippen LogP contribution >= 0.6 is 22.7 Å². The zero-order chi connectivity index (χ0) is 14.8. The lowest BCUT2D eigenvalue weighted by atomic mass is 9.96. The van der Waals surface area contributed by atoms with E-state index in [1.807, 2.05) is 0 Å². The molecule has 3 rings (SSSR count). The van der Waals surface area contributed by atoms with Crippen LogP contribution in [0, 0.1) is 13.8 Å². The van der Waals surface area contributed by atoms with Crippen molar-refractivity contribution in [3.8, 4) is 0 Å². The first-order valence-corrected chi connectivity index (χ1v) is 9.24. The smallest absolute Gasteiger partial charge is 0.407 e. The highest BCUT2D eigenvalue weighted by atomic mass is 32.2. The Kier molecular flexibility index (Phi) is 4.50. The topological polar surface area (TPSA) is 38.3 Å². The second-order valence-electron chi connectivity index (χ2n) is 5.79. The van der Waals surface area contributed by atoms with E-state index in [0.717, 1.165) is 12.8 Å². The predicted molar refractivity (Wildman–Crippen MR) is 89.4 cm³/mol. The van der Waals surface area contributed by atoms with E-state index >= 15 is 0 Å². The highest BCUT2D eigenvalue weighted by molar-refractivity contribution is 7.37. The van der Waals surface area contributed by atoms with Crippen molar-refractivity contribution in [1.82, 2.24) is 5.32 Å². The van der Waals surface area contributed by atoms with E-state index in [0.29, 0.717) is 12.6 Å². The Morgan fingerprint density at radius 3 is 2.81 bits per heavy atom. The minimum atomic E-state index is -0.269. The summed E-state index contributed by atoms with van der Waals surface area (Å²) >= 11 is 3.52. The number of fused-ring (bicyclic) bond motifs is 1. The zero-order valence-corrected chi connectivity index (χ0v) is 14.2. The maximum atomic E-state index is 11.9. The fourth-order valence-corrected chi connectivity index (χ4v) is 5.48. The third kappa shape index (κ3) is 3.24. The van der Waals surface area contributed by atoms with Crippen molar-refractivity contribution in [3.63, 3.8) is 0 Å². The number of amides is 1. The highest BCUT2D eigenvalue weighted by Crippen LogP contribution is 2.37. The Morgan fingerprint density at radius 1 is 1.33 bits per heavy atom. The van der Waals surface area contributed by atoms with Gasteiger partial charge in [0.25, 0.3) is 0 Å². The molecule has 21 heavy (non-hydrogen) atoms. The Hall–Kier alpha value is -1.07. The van der Waals surface area contributed by atoms with Crippen molar-refractivity contribution in [2.45, 2.75) is 58.6 Å². The number of hydrogen-bond acceptors (Lipinski definition) is 4. The lowest BCUT2D eigenvalue weighted by Gasteiger charge is -2.22. The summed E-state index contributed by atoms with van der Waals surface area (Å²) in [5.41, 5.74) is 2.58. The third-order valence-electron chi connectivity index (χ3n) is 4.21. The van der Waals surface area contributed by atoms with Crippen LogP contribution in [-0.2, 0) is 11.3 Å². The third-order valence-corrected chi connectivity index (χ3v) is 6.70. The van der Waals surface area contributed by atoms with Crippen LogP contribution in [0.1, 0.15) is 48.1 Å². The average Bonchev–Trinajstić information content (AvgIpc) is 2.99. The summed E-state index contributed by atoms with van der Waals surface area (Å²) in [6.07, 6.45) is 5.62. The van der Waals surface area contributed by atoms with Crippen LogP contribution in [0.2, 0.25) is 0 Å². The van der Waals surface area contributed by atoms with Crippen molar-refractivity contribution in [2.75, 3.05) is 0 Å². The number of alkyl carbamates (subject to hydrolysis) is 1. The van der Waals surface area contributed by atoms with Crippen LogP contribution in [0.3, 0.4) is 0 Å². The number of aryl methyl sites for hydroxylation is 2. The molecular formula is C16H21NO2S2. The molecule has 0 atom stereocenters. The maximum Gasteiger partial charge on any atom is 0.407 e. The molecule has 1 amide bonds. The molecule has 0 bridgehead atoms. The van der Waals surface area contributed by atoms with Gasteiger partial charge in [0.05, 0.1) is 4.01 Å². The quantitative estimate of drug-likeness (QED) is 0.849. The van der Waals surface area contributed by atoms with Crippen molar-refractivity contribution in [1.29, 1.82) is 0 Å². The van der Waals surface area contributed by atoms with Crippen molar-refractivity contribution in [3.05, 3.63) is 21.4 Å². The molecule has 0 aromatic carbocycles. The summed E-state index contributed by atoms with van der Waals surface area (Å²) in [5.74, 6) is 0. The average molecular weight is 323 g/mol. The SMILES string of the molecule is Cc1csc2sc(COC(=O)NC3CCCCC3)c(C)c12. The minimum Gasteiger partial charge on any atom is -0.444 e. The van der Waals surface area contributed by atoms with Gasteiger partial charge < -0.3 is 10.1 Å². The highest BCUT2D eigenvalue weighted by Gasteiger charge is 2.17. The fourth-order valence-electron chi connectivity index (χ4n) is 3.00. The molecule has 3 nitrogen and oxygen atoms in total. The molecule has 0 unspecified atom stereocenters. The molecule has 2 heterocycles. The molecule has 2 aromatic heterocycles. The second kappa shape index (κ2) is 6.36. The first-order valence-electron chi connectivity index (χ1n) is 7.54. The predicted octanol–water partition coefficient (Wildman–Crippen LogP) is 5.14. The molecule has 0 aliphatic heterocycles. The van der Waals surface area contributed by atoms with Gasteiger partial charge in [-0.2, -0.15) is 0 Å². The van der Waals surface area contributed by atoms with Gasteiger partial charge in [-0.25, -0.2) is 4.79 Å². The monoisotopic (exact) mass is 323 g/mol. The standard InChI is InChI=1S/C16H21NO2S2/c1-10-9-20-15-14(10)11(2)13(21-15)8-19-16(18)17-12-6-4-3-5-7-12/h9,12H,3-8H2,1-2H3,(H,17,18). The van der Waals surface area contributed by atoms with Crippen LogP contribution in [0.15, 0.2) is 5.38 Å². The number of nitrogens with one attached hydrogen (secondary N) is 1. The summed E-state index contributed by atoms with van der Waals surface area (Å²) in [4.78, 5) is 13.1. The largest absolute Gasteiger partial charge is 0.444 e. The van der Waals surface area contributed by atoms with Gasteiger partial charge in [-0.1, -0.05) is 19.3 Å². The van der Waals surface area contributed by atoms with E-state index in [1.54, 1.807) is 22.7 Å². The number of ether oxygens (including phenoxy) is 1. The maximum absolute atomic E-state index is 11.9. The van der Waals surface area contributed by atoms with Gasteiger partial charge in [-0.3, -0.25) is 0 Å². The molecule has 1 N–H and O–H groups in total. The molecule has 0 saturated heterocycles. The zero-order valence-electron chi connectivity index (χ0n) is 12.5. The lowest BCUT2D eigenvalue weighted by Crippen LogP contribution is -2.36. The van der Waals surface area contributed by atoms with Crippen molar-refractivity contribution >= 4 is 38.2 Å². The Bertz CT molecular complexity index is 638. The fraction of sp³-hybridized carbons (Fsp3) is 0.562.